The molecule has 2 heterocycles. The topological polar surface area (TPSA) is 69.9 Å². The van der Waals surface area contributed by atoms with Crippen LogP contribution in [0.1, 0.15) is 5.56 Å². The summed E-state index contributed by atoms with van der Waals surface area (Å²) in [7, 11) is 4.72. The van der Waals surface area contributed by atoms with Gasteiger partial charge in [-0.15, -0.1) is 0 Å². The van der Waals surface area contributed by atoms with Gasteiger partial charge in [0.1, 0.15) is 5.82 Å². The van der Waals surface area contributed by atoms with Gasteiger partial charge in [-0.3, -0.25) is 4.40 Å². The van der Waals surface area contributed by atoms with Crippen LogP contribution < -0.4 is 19.5 Å². The summed E-state index contributed by atoms with van der Waals surface area (Å²) in [6, 6.07) is 10.2. The number of ether oxygens (including phenoxy) is 3. The normalized spacial score (nSPS) is 10.8. The van der Waals surface area contributed by atoms with Crippen molar-refractivity contribution in [1.82, 2.24) is 14.4 Å². The molecule has 0 fully saturated rings. The van der Waals surface area contributed by atoms with Crippen LogP contribution in [0.5, 0.6) is 17.2 Å². The molecular formula is C22H21FN4O3. The van der Waals surface area contributed by atoms with Crippen LogP contribution in [0.25, 0.3) is 16.9 Å². The van der Waals surface area contributed by atoms with Crippen molar-refractivity contribution in [2.24, 2.45) is 0 Å². The van der Waals surface area contributed by atoms with Gasteiger partial charge in [-0.1, -0.05) is 12.1 Å². The molecule has 0 unspecified atom stereocenters. The molecule has 0 atom stereocenters. The van der Waals surface area contributed by atoms with Crippen LogP contribution in [0.3, 0.4) is 0 Å². The van der Waals surface area contributed by atoms with Gasteiger partial charge < -0.3 is 19.5 Å². The first-order valence-electron chi connectivity index (χ1n) is 9.25. The molecule has 4 rings (SSSR count). The summed E-state index contributed by atoms with van der Waals surface area (Å²) in [5, 5.41) is 3.30. The molecule has 154 valence electrons. The van der Waals surface area contributed by atoms with E-state index in [-0.39, 0.29) is 5.82 Å². The predicted molar refractivity (Wildman–Crippen MR) is 112 cm³/mol. The molecule has 0 aliphatic heterocycles. The van der Waals surface area contributed by atoms with E-state index in [1.54, 1.807) is 46.0 Å². The number of aromatic nitrogens is 3. The standard InChI is InChI=1S/C22H21FN4O3/c1-28-18-9-14(10-19(29-2)20(18)30-3)12-25-21-22-26-13-17(27(22)8-7-24-21)15-5-4-6-16(23)11-15/h4-11,13H,12H2,1-3H3,(H,24,25). The quantitative estimate of drug-likeness (QED) is 0.495. The molecule has 0 saturated heterocycles. The Kier molecular flexibility index (Phi) is 5.38. The van der Waals surface area contributed by atoms with E-state index in [9.17, 15) is 4.39 Å². The Morgan fingerprint density at radius 2 is 1.77 bits per heavy atom. The van der Waals surface area contributed by atoms with Crippen molar-refractivity contribution in [1.29, 1.82) is 0 Å². The Bertz CT molecular complexity index is 1170. The minimum Gasteiger partial charge on any atom is -0.493 e. The summed E-state index contributed by atoms with van der Waals surface area (Å²) in [6.07, 6.45) is 5.18. The van der Waals surface area contributed by atoms with E-state index in [1.165, 1.54) is 12.1 Å². The fourth-order valence-electron chi connectivity index (χ4n) is 3.33. The zero-order valence-corrected chi connectivity index (χ0v) is 16.8. The van der Waals surface area contributed by atoms with E-state index in [4.69, 9.17) is 14.2 Å². The molecule has 0 bridgehead atoms. The maximum atomic E-state index is 13.6. The van der Waals surface area contributed by atoms with Crippen molar-refractivity contribution in [2.45, 2.75) is 6.54 Å². The first-order valence-corrected chi connectivity index (χ1v) is 9.25. The predicted octanol–water partition coefficient (Wildman–Crippen LogP) is 4.17. The molecule has 1 N–H and O–H groups in total. The fraction of sp³-hybridized carbons (Fsp3) is 0.182. The number of nitrogens with zero attached hydrogens (tertiary/aromatic N) is 3. The monoisotopic (exact) mass is 408 g/mol. The SMILES string of the molecule is COc1cc(CNc2nccn3c(-c4cccc(F)c4)cnc23)cc(OC)c1OC. The third-order valence-electron chi connectivity index (χ3n) is 4.73. The number of nitrogens with one attached hydrogen (secondary N) is 1. The van der Waals surface area contributed by atoms with Crippen LogP contribution in [0.2, 0.25) is 0 Å². The highest BCUT2D eigenvalue weighted by molar-refractivity contribution is 5.70. The number of imidazole rings is 1. The van der Waals surface area contributed by atoms with Gasteiger partial charge >= 0.3 is 0 Å². The minimum atomic E-state index is -0.294. The third kappa shape index (κ3) is 3.59. The lowest BCUT2D eigenvalue weighted by molar-refractivity contribution is 0.324. The maximum Gasteiger partial charge on any atom is 0.203 e. The molecule has 30 heavy (non-hydrogen) atoms. The Labute approximate surface area is 173 Å². The Morgan fingerprint density at radius 1 is 1.00 bits per heavy atom. The Morgan fingerprint density at radius 3 is 2.43 bits per heavy atom. The summed E-state index contributed by atoms with van der Waals surface area (Å²) in [5.74, 6) is 2.01. The molecule has 0 amide bonds. The third-order valence-corrected chi connectivity index (χ3v) is 4.73. The second-order valence-electron chi connectivity index (χ2n) is 6.51. The number of halogens is 1. The van der Waals surface area contributed by atoms with E-state index in [0.717, 1.165) is 16.8 Å². The number of methoxy groups -OCH3 is 3. The zero-order valence-electron chi connectivity index (χ0n) is 16.8. The minimum absolute atomic E-state index is 0.294. The smallest absolute Gasteiger partial charge is 0.203 e. The van der Waals surface area contributed by atoms with Gasteiger partial charge in [0, 0.05) is 24.5 Å². The van der Waals surface area contributed by atoms with Crippen molar-refractivity contribution < 1.29 is 18.6 Å². The summed E-state index contributed by atoms with van der Waals surface area (Å²) in [6.45, 7) is 0.464. The molecule has 0 spiro atoms. The lowest BCUT2D eigenvalue weighted by atomic mass is 10.1. The van der Waals surface area contributed by atoms with Crippen molar-refractivity contribution in [3.8, 4) is 28.5 Å². The van der Waals surface area contributed by atoms with Gasteiger partial charge in [-0.25, -0.2) is 14.4 Å². The number of benzene rings is 2. The summed E-state index contributed by atoms with van der Waals surface area (Å²) >= 11 is 0. The Balaban J connectivity index is 1.64. The first kappa shape index (κ1) is 19.5. The van der Waals surface area contributed by atoms with E-state index in [2.05, 4.69) is 15.3 Å². The maximum absolute atomic E-state index is 13.6. The highest BCUT2D eigenvalue weighted by atomic mass is 19.1. The van der Waals surface area contributed by atoms with Crippen LogP contribution in [0.4, 0.5) is 10.2 Å². The van der Waals surface area contributed by atoms with Gasteiger partial charge in [-0.2, -0.15) is 0 Å². The molecule has 0 saturated carbocycles. The van der Waals surface area contributed by atoms with Crippen LogP contribution in [0, 0.1) is 5.82 Å². The van der Waals surface area contributed by atoms with Gasteiger partial charge in [0.25, 0.3) is 0 Å². The molecule has 7 nitrogen and oxygen atoms in total. The number of anilines is 1. The van der Waals surface area contributed by atoms with Gasteiger partial charge in [0.15, 0.2) is 23.0 Å². The summed E-state index contributed by atoms with van der Waals surface area (Å²) in [4.78, 5) is 8.89. The molecule has 2 aromatic heterocycles. The summed E-state index contributed by atoms with van der Waals surface area (Å²) in [5.41, 5.74) is 3.08. The molecular weight excluding hydrogens is 387 g/mol. The van der Waals surface area contributed by atoms with Crippen molar-refractivity contribution in [3.05, 3.63) is 66.4 Å². The van der Waals surface area contributed by atoms with Crippen molar-refractivity contribution in [3.63, 3.8) is 0 Å². The number of rotatable bonds is 7. The average Bonchev–Trinajstić information content (AvgIpc) is 3.21. The highest BCUT2D eigenvalue weighted by Crippen LogP contribution is 2.38. The van der Waals surface area contributed by atoms with E-state index >= 15 is 0 Å². The second-order valence-corrected chi connectivity index (χ2v) is 6.51. The van der Waals surface area contributed by atoms with E-state index in [1.807, 2.05) is 22.6 Å². The molecule has 0 radical (unpaired) electrons. The largest absolute Gasteiger partial charge is 0.493 e. The van der Waals surface area contributed by atoms with Crippen LogP contribution >= 0.6 is 0 Å². The molecule has 0 aliphatic rings. The number of hydrogen-bond donors (Lipinski definition) is 1. The van der Waals surface area contributed by atoms with E-state index < -0.39 is 0 Å². The van der Waals surface area contributed by atoms with Crippen molar-refractivity contribution in [2.75, 3.05) is 26.6 Å². The fourth-order valence-corrected chi connectivity index (χ4v) is 3.33. The number of hydrogen-bond acceptors (Lipinski definition) is 6. The van der Waals surface area contributed by atoms with Crippen LogP contribution in [-0.4, -0.2) is 35.7 Å². The molecule has 4 aromatic rings. The Hall–Kier alpha value is -3.81. The lowest BCUT2D eigenvalue weighted by Gasteiger charge is -2.14. The first-order chi connectivity index (χ1) is 14.6. The zero-order chi connectivity index (χ0) is 21.1. The average molecular weight is 408 g/mol. The van der Waals surface area contributed by atoms with Crippen LogP contribution in [-0.2, 0) is 6.54 Å². The van der Waals surface area contributed by atoms with E-state index in [0.29, 0.717) is 35.3 Å². The van der Waals surface area contributed by atoms with Crippen molar-refractivity contribution >= 4 is 11.5 Å². The lowest BCUT2D eigenvalue weighted by Crippen LogP contribution is -2.05. The van der Waals surface area contributed by atoms with Gasteiger partial charge in [0.05, 0.1) is 33.2 Å². The highest BCUT2D eigenvalue weighted by Gasteiger charge is 2.14. The summed E-state index contributed by atoms with van der Waals surface area (Å²) < 4.78 is 31.7. The van der Waals surface area contributed by atoms with Gasteiger partial charge in [-0.05, 0) is 29.8 Å². The molecule has 0 aliphatic carbocycles. The second kappa shape index (κ2) is 8.28. The van der Waals surface area contributed by atoms with Gasteiger partial charge in [0.2, 0.25) is 5.75 Å². The number of fused-ring (bicyclic) bond motifs is 1. The molecule has 8 heteroatoms. The molecule has 2 aromatic carbocycles. The van der Waals surface area contributed by atoms with Crippen LogP contribution in [0.15, 0.2) is 55.0 Å².